The van der Waals surface area contributed by atoms with E-state index >= 15 is 0 Å². The minimum absolute atomic E-state index is 0.0337. The van der Waals surface area contributed by atoms with Gasteiger partial charge in [0.1, 0.15) is 0 Å². The number of nitrogens with zero attached hydrogens (tertiary/aromatic N) is 1. The molecule has 0 spiro atoms. The van der Waals surface area contributed by atoms with Crippen LogP contribution in [0.4, 0.5) is 0 Å². The van der Waals surface area contributed by atoms with Gasteiger partial charge in [-0.1, -0.05) is 70.2 Å². The third-order valence-corrected chi connectivity index (χ3v) is 6.10. The van der Waals surface area contributed by atoms with Gasteiger partial charge in [0.15, 0.2) is 0 Å². The highest BCUT2D eigenvalue weighted by Crippen LogP contribution is 2.25. The predicted molar refractivity (Wildman–Crippen MR) is 139 cm³/mol. The summed E-state index contributed by atoms with van der Waals surface area (Å²) >= 11 is 0. The molecule has 4 N–H and O–H groups in total. The second kappa shape index (κ2) is 14.7. The van der Waals surface area contributed by atoms with Gasteiger partial charge in [0.2, 0.25) is 21.8 Å². The first-order valence-corrected chi connectivity index (χ1v) is 13.9. The molecule has 3 amide bonds. The highest BCUT2D eigenvalue weighted by molar-refractivity contribution is 7.88. The first-order valence-electron chi connectivity index (χ1n) is 12.0. The molecule has 0 aliphatic carbocycles. The summed E-state index contributed by atoms with van der Waals surface area (Å²) in [5.41, 5.74) is 5.20. The highest BCUT2D eigenvalue weighted by atomic mass is 32.2. The molecule has 1 aromatic carbocycles. The van der Waals surface area contributed by atoms with E-state index in [0.29, 0.717) is 6.42 Å². The molecule has 0 aromatic heterocycles. The Morgan fingerprint density at radius 1 is 0.972 bits per heavy atom. The number of hydroxylamine groups is 1. The van der Waals surface area contributed by atoms with Gasteiger partial charge in [-0.05, 0) is 37.2 Å². The van der Waals surface area contributed by atoms with E-state index in [1.807, 2.05) is 64.1 Å². The molecule has 0 saturated carbocycles. The number of allylic oxidation sites excluding steroid dienone is 1. The largest absolute Gasteiger partial charge is 0.289 e. The number of benzene rings is 1. The number of rotatable bonds is 13. The normalized spacial score (nSPS) is 14.5. The van der Waals surface area contributed by atoms with Crippen molar-refractivity contribution in [2.24, 2.45) is 23.7 Å². The second-order valence-corrected chi connectivity index (χ2v) is 11.6. The summed E-state index contributed by atoms with van der Waals surface area (Å²) in [7, 11) is -3.65. The summed E-state index contributed by atoms with van der Waals surface area (Å²) in [6.45, 7) is 9.04. The lowest BCUT2D eigenvalue weighted by Crippen LogP contribution is -2.56. The predicted octanol–water partition coefficient (Wildman–Crippen LogP) is 2.33. The fourth-order valence-corrected chi connectivity index (χ4v) is 4.53. The van der Waals surface area contributed by atoms with Gasteiger partial charge in [0.05, 0.1) is 24.1 Å². The minimum atomic E-state index is -3.65. The maximum absolute atomic E-state index is 13.4. The van der Waals surface area contributed by atoms with Gasteiger partial charge in [-0.15, -0.1) is 0 Å². The Hall–Kier alpha value is -2.76. The number of hydrogen-bond acceptors (Lipinski definition) is 6. The molecule has 1 aromatic rings. The minimum Gasteiger partial charge on any atom is -0.289 e. The average molecular weight is 525 g/mol. The van der Waals surface area contributed by atoms with Gasteiger partial charge in [-0.3, -0.25) is 30.0 Å². The van der Waals surface area contributed by atoms with E-state index in [-0.39, 0.29) is 24.8 Å². The zero-order valence-electron chi connectivity index (χ0n) is 21.9. The highest BCUT2D eigenvalue weighted by Gasteiger charge is 2.35. The molecular weight excluding hydrogens is 484 g/mol. The number of hydrogen-bond donors (Lipinski definition) is 4. The molecule has 0 aliphatic heterocycles. The number of amides is 3. The van der Waals surface area contributed by atoms with Crippen molar-refractivity contribution in [3.05, 3.63) is 42.0 Å². The van der Waals surface area contributed by atoms with Gasteiger partial charge < -0.3 is 0 Å². The van der Waals surface area contributed by atoms with Crippen LogP contribution in [0.2, 0.25) is 0 Å². The molecule has 0 fully saturated rings. The van der Waals surface area contributed by atoms with E-state index < -0.39 is 45.6 Å². The molecule has 10 nitrogen and oxygen atoms in total. The van der Waals surface area contributed by atoms with Crippen LogP contribution in [-0.2, 0) is 24.4 Å². The SMILES string of the molecule is CC(C)C[C@@H](C(=O)NN(CC(C)C)C(=O)[C@@H](C)NS(C)(=O)=O)[C@H](C/C=C/c1ccccc1)C(=O)NO. The summed E-state index contributed by atoms with van der Waals surface area (Å²) in [5, 5.41) is 10.5. The van der Waals surface area contributed by atoms with Crippen molar-refractivity contribution in [1.82, 2.24) is 20.6 Å². The zero-order chi connectivity index (χ0) is 27.5. The smallest absolute Gasteiger partial charge is 0.258 e. The van der Waals surface area contributed by atoms with Gasteiger partial charge >= 0.3 is 0 Å². The maximum atomic E-state index is 13.4. The number of carbonyl (C=O) groups excluding carboxylic acids is 3. The van der Waals surface area contributed by atoms with Crippen LogP contribution >= 0.6 is 0 Å². The van der Waals surface area contributed by atoms with Crippen LogP contribution in [0.3, 0.4) is 0 Å². The molecule has 3 atom stereocenters. The summed E-state index contributed by atoms with van der Waals surface area (Å²) in [4.78, 5) is 39.0. The molecule has 0 unspecified atom stereocenters. The van der Waals surface area contributed by atoms with Crippen LogP contribution in [0.5, 0.6) is 0 Å². The molecule has 0 saturated heterocycles. The Morgan fingerprint density at radius 3 is 2.08 bits per heavy atom. The van der Waals surface area contributed by atoms with Crippen molar-refractivity contribution in [3.8, 4) is 0 Å². The van der Waals surface area contributed by atoms with Gasteiger partial charge in [0.25, 0.3) is 5.91 Å². The fraction of sp³-hybridized carbons (Fsp3) is 0.560. The lowest BCUT2D eigenvalue weighted by Gasteiger charge is -2.31. The molecule has 11 heteroatoms. The van der Waals surface area contributed by atoms with Crippen molar-refractivity contribution in [2.75, 3.05) is 12.8 Å². The summed E-state index contributed by atoms with van der Waals surface area (Å²) in [6.07, 6.45) is 5.04. The Bertz CT molecular complexity index is 995. The van der Waals surface area contributed by atoms with Gasteiger partial charge in [-0.2, -0.15) is 0 Å². The Balaban J connectivity index is 3.21. The first kappa shape index (κ1) is 31.3. The van der Waals surface area contributed by atoms with Crippen molar-refractivity contribution in [2.45, 2.75) is 53.5 Å². The lowest BCUT2D eigenvalue weighted by atomic mass is 9.82. The second-order valence-electron chi connectivity index (χ2n) is 9.80. The standard InChI is InChI=1S/C25H40N4O6S/c1-17(2)15-22(21(24(31)27-33)14-10-13-20-11-8-7-9-12-20)23(30)26-29(16-18(3)4)25(32)19(5)28-36(6,34)35/h7-13,17-19,21-22,28,33H,14-16H2,1-6H3,(H,26,30)(H,27,31)/b13-10+/t19-,21+,22-/m1/s1. The van der Waals surface area contributed by atoms with Gasteiger partial charge in [0, 0.05) is 6.54 Å². The van der Waals surface area contributed by atoms with Crippen LogP contribution < -0.4 is 15.6 Å². The molecule has 0 heterocycles. The average Bonchev–Trinajstić information content (AvgIpc) is 2.78. The molecular formula is C25H40N4O6S. The Labute approximate surface area is 214 Å². The van der Waals surface area contributed by atoms with E-state index in [1.54, 1.807) is 11.6 Å². The number of hydrazine groups is 1. The van der Waals surface area contributed by atoms with Crippen LogP contribution in [-0.4, -0.2) is 55.2 Å². The number of sulfonamides is 1. The van der Waals surface area contributed by atoms with Crippen molar-refractivity contribution in [1.29, 1.82) is 0 Å². The Kier molecular flexibility index (Phi) is 12.8. The summed E-state index contributed by atoms with van der Waals surface area (Å²) < 4.78 is 25.4. The Morgan fingerprint density at radius 2 is 1.58 bits per heavy atom. The van der Waals surface area contributed by atoms with Crippen molar-refractivity contribution < 1.29 is 28.0 Å². The monoisotopic (exact) mass is 524 g/mol. The van der Waals surface area contributed by atoms with Crippen LogP contribution in [0, 0.1) is 23.7 Å². The fourth-order valence-electron chi connectivity index (χ4n) is 3.79. The van der Waals surface area contributed by atoms with Crippen LogP contribution in [0.25, 0.3) is 6.08 Å². The third kappa shape index (κ3) is 11.3. The topological polar surface area (TPSA) is 145 Å². The van der Waals surface area contributed by atoms with E-state index in [9.17, 15) is 28.0 Å². The molecule has 1 rings (SSSR count). The summed E-state index contributed by atoms with van der Waals surface area (Å²) in [6, 6.07) is 8.35. The number of nitrogens with one attached hydrogen (secondary N) is 3. The van der Waals surface area contributed by atoms with E-state index in [0.717, 1.165) is 16.8 Å². The van der Waals surface area contributed by atoms with Crippen molar-refractivity contribution in [3.63, 3.8) is 0 Å². The quantitative estimate of drug-likeness (QED) is 0.230. The van der Waals surface area contributed by atoms with Crippen LogP contribution in [0.15, 0.2) is 36.4 Å². The lowest BCUT2D eigenvalue weighted by molar-refractivity contribution is -0.148. The maximum Gasteiger partial charge on any atom is 0.258 e. The van der Waals surface area contributed by atoms with Crippen LogP contribution in [0.1, 0.15) is 53.0 Å². The van der Waals surface area contributed by atoms with E-state index in [2.05, 4.69) is 10.1 Å². The third-order valence-electron chi connectivity index (χ3n) is 5.31. The van der Waals surface area contributed by atoms with E-state index in [1.165, 1.54) is 6.92 Å². The van der Waals surface area contributed by atoms with E-state index in [4.69, 9.17) is 0 Å². The molecule has 0 bridgehead atoms. The first-order chi connectivity index (χ1) is 16.7. The van der Waals surface area contributed by atoms with Gasteiger partial charge in [-0.25, -0.2) is 18.6 Å². The molecule has 0 radical (unpaired) electrons. The van der Waals surface area contributed by atoms with Crippen molar-refractivity contribution >= 4 is 33.8 Å². The molecule has 36 heavy (non-hydrogen) atoms. The number of carbonyl (C=O) groups is 3. The zero-order valence-corrected chi connectivity index (χ0v) is 22.7. The molecule has 0 aliphatic rings. The summed E-state index contributed by atoms with van der Waals surface area (Å²) in [5.74, 6) is -3.66. The molecule has 202 valence electrons.